The van der Waals surface area contributed by atoms with Crippen molar-refractivity contribution in [2.24, 2.45) is 5.73 Å². The number of H-pyrrole nitrogens is 1. The molecule has 69 heavy (non-hydrogen) atoms. The number of likely N-dealkylation sites (tertiary alicyclic amines) is 1. The van der Waals surface area contributed by atoms with Crippen molar-refractivity contribution in [2.45, 2.75) is 67.4 Å². The lowest BCUT2D eigenvalue weighted by Gasteiger charge is -2.35. The lowest BCUT2D eigenvalue weighted by molar-refractivity contribution is 0.100. The number of pyridine rings is 2. The third-order valence-electron chi connectivity index (χ3n) is 12.9. The monoisotopic (exact) mass is 951 g/mol. The Morgan fingerprint density at radius 2 is 1.70 bits per heavy atom. The van der Waals surface area contributed by atoms with Crippen molar-refractivity contribution in [1.82, 2.24) is 25.1 Å². The molecule has 0 spiro atoms. The van der Waals surface area contributed by atoms with E-state index in [2.05, 4.69) is 44.9 Å². The van der Waals surface area contributed by atoms with E-state index in [1.807, 2.05) is 4.90 Å². The van der Waals surface area contributed by atoms with Crippen LogP contribution in [-0.2, 0) is 22.8 Å². The first-order valence-corrected chi connectivity index (χ1v) is 24.5. The molecule has 7 aromatic rings. The molecular formula is C53H57N7O8S. The molecule has 15 nitrogen and oxygen atoms in total. The number of aromatic nitrogens is 2. The van der Waals surface area contributed by atoms with Gasteiger partial charge in [-0.3, -0.25) is 14.6 Å². The first-order chi connectivity index (χ1) is 33.2. The van der Waals surface area contributed by atoms with E-state index in [9.17, 15) is 33.0 Å². The van der Waals surface area contributed by atoms with E-state index in [1.165, 1.54) is 41.6 Å². The number of urea groups is 1. The van der Waals surface area contributed by atoms with Crippen molar-refractivity contribution in [3.63, 3.8) is 0 Å². The number of aryl methyl sites for hydroxylation is 2. The number of methoxy groups -OCH3 is 1. The standard InChI is InChI=1S/C53H57N7O8S/c1-33-26-41(29-44-49(33)56-30-45(52(54)64)50(44)57-38-10-7-11-39(28-38)68-3)69(66,67)40-12-6-9-35(27-40)32-59(2)53(65)60-24-21-37(22-25-60)36-15-13-34(14-16-36)8-4-5-23-55-31-47(62)42-17-19-46(61)51-43(42)18-20-48(63)58-51/h6-7,9-20,26-30,37,47,55,61-62H,4-5,8,21-25,31-32H2,1-3H3,(H2,54,64)(H,56,57)(H,58,63)/t47-/m0/s1. The van der Waals surface area contributed by atoms with Gasteiger partial charge in [0.05, 0.1) is 45.3 Å². The van der Waals surface area contributed by atoms with Crippen molar-refractivity contribution >= 4 is 55.0 Å². The number of primary amides is 1. The highest BCUT2D eigenvalue weighted by Gasteiger charge is 2.27. The number of hydrogen-bond donors (Lipinski definition) is 6. The Kier molecular flexibility index (Phi) is 14.6. The molecule has 3 amide bonds. The van der Waals surface area contributed by atoms with Crippen LogP contribution in [0, 0.1) is 6.92 Å². The van der Waals surface area contributed by atoms with Gasteiger partial charge in [0.15, 0.2) is 0 Å². The average molecular weight is 952 g/mol. The Bertz CT molecular complexity index is 3190. The molecule has 1 fully saturated rings. The van der Waals surface area contributed by atoms with Crippen molar-refractivity contribution < 1.29 is 33.0 Å². The molecule has 0 unspecified atom stereocenters. The fourth-order valence-electron chi connectivity index (χ4n) is 9.14. The zero-order chi connectivity index (χ0) is 48.8. The number of nitrogens with zero attached hydrogens (tertiary/aromatic N) is 3. The number of hydrogen-bond acceptors (Lipinski definition) is 11. The molecule has 0 aliphatic carbocycles. The highest BCUT2D eigenvalue weighted by atomic mass is 32.2. The number of benzene rings is 5. The summed E-state index contributed by atoms with van der Waals surface area (Å²) in [6, 6.07) is 31.6. The summed E-state index contributed by atoms with van der Waals surface area (Å²) in [5.41, 5.74) is 11.7. The lowest BCUT2D eigenvalue weighted by atomic mass is 9.89. The normalized spacial score (nSPS) is 13.7. The maximum Gasteiger partial charge on any atom is 0.320 e. The Morgan fingerprint density at radius 1 is 0.928 bits per heavy atom. The van der Waals surface area contributed by atoms with Gasteiger partial charge in [-0.05, 0) is 128 Å². The van der Waals surface area contributed by atoms with Crippen LogP contribution in [0.5, 0.6) is 11.5 Å². The molecule has 1 aliphatic heterocycles. The number of anilines is 2. The first kappa shape index (κ1) is 48.2. The van der Waals surface area contributed by atoms with Crippen LogP contribution in [-0.4, -0.2) is 90.7 Å². The van der Waals surface area contributed by atoms with E-state index in [0.717, 1.165) is 38.6 Å². The molecule has 1 atom stereocenters. The molecule has 358 valence electrons. The average Bonchev–Trinajstić information content (AvgIpc) is 3.35. The van der Waals surface area contributed by atoms with Crippen molar-refractivity contribution in [2.75, 3.05) is 45.7 Å². The van der Waals surface area contributed by atoms with Crippen LogP contribution in [0.4, 0.5) is 16.2 Å². The summed E-state index contributed by atoms with van der Waals surface area (Å²) in [5, 5.41) is 28.6. The highest BCUT2D eigenvalue weighted by Crippen LogP contribution is 2.36. The number of nitrogens with two attached hydrogens (primary N) is 1. The molecule has 16 heteroatoms. The second-order valence-corrected chi connectivity index (χ2v) is 19.6. The van der Waals surface area contributed by atoms with Gasteiger partial charge in [0.25, 0.3) is 5.91 Å². The molecule has 3 heterocycles. The number of ether oxygens (including phenoxy) is 1. The molecule has 5 aromatic carbocycles. The summed E-state index contributed by atoms with van der Waals surface area (Å²) in [6.07, 6.45) is 5.09. The van der Waals surface area contributed by atoms with Gasteiger partial charge in [0.2, 0.25) is 15.4 Å². The number of rotatable bonds is 17. The fraction of sp³-hybridized carbons (Fsp3) is 0.283. The van der Waals surface area contributed by atoms with E-state index in [1.54, 1.807) is 86.6 Å². The van der Waals surface area contributed by atoms with Crippen LogP contribution >= 0.6 is 0 Å². The van der Waals surface area contributed by atoms with E-state index in [4.69, 9.17) is 10.5 Å². The molecule has 0 bridgehead atoms. The van der Waals surface area contributed by atoms with Crippen LogP contribution in [0.1, 0.15) is 75.9 Å². The van der Waals surface area contributed by atoms with Crippen molar-refractivity contribution in [3.05, 3.63) is 159 Å². The van der Waals surface area contributed by atoms with E-state index in [0.29, 0.717) is 81.2 Å². The number of nitrogens with one attached hydrogen (secondary N) is 3. The maximum atomic E-state index is 14.3. The summed E-state index contributed by atoms with van der Waals surface area (Å²) in [7, 11) is -0.801. The topological polar surface area (TPSA) is 220 Å². The van der Waals surface area contributed by atoms with Crippen molar-refractivity contribution in [3.8, 4) is 11.5 Å². The van der Waals surface area contributed by atoms with Gasteiger partial charge in [0.1, 0.15) is 11.5 Å². The SMILES string of the molecule is COc1cccc(Nc2c(C(N)=O)cnc3c(C)cc(S(=O)(=O)c4cccc(CN(C)C(=O)N5CCC(c6ccc(CCCCNC[C@H](O)c7ccc(O)c8[nH]c(=O)ccc78)cc6)CC5)c4)cc23)c1. The zero-order valence-corrected chi connectivity index (χ0v) is 39.7. The number of piperidine rings is 1. The molecule has 0 saturated carbocycles. The number of unbranched alkanes of at least 4 members (excludes halogenated alkanes) is 1. The number of aromatic hydroxyl groups is 1. The van der Waals surface area contributed by atoms with Crippen LogP contribution < -0.4 is 26.7 Å². The summed E-state index contributed by atoms with van der Waals surface area (Å²) < 4.78 is 34.0. The summed E-state index contributed by atoms with van der Waals surface area (Å²) in [6.45, 7) is 4.27. The number of aliphatic hydroxyl groups is 1. The largest absolute Gasteiger partial charge is 0.506 e. The minimum Gasteiger partial charge on any atom is -0.506 e. The van der Waals surface area contributed by atoms with Gasteiger partial charge in [-0.1, -0.05) is 48.5 Å². The number of amides is 3. The minimum atomic E-state index is -4.08. The third kappa shape index (κ3) is 10.9. The summed E-state index contributed by atoms with van der Waals surface area (Å²) in [5.74, 6) is 0.162. The number of aliphatic hydroxyl groups excluding tert-OH is 1. The Hall–Kier alpha value is -7.27. The van der Waals surface area contributed by atoms with Gasteiger partial charge < -0.3 is 46.1 Å². The number of fused-ring (bicyclic) bond motifs is 2. The van der Waals surface area contributed by atoms with Crippen LogP contribution in [0.15, 0.2) is 130 Å². The Morgan fingerprint density at radius 3 is 2.45 bits per heavy atom. The molecule has 1 aliphatic rings. The maximum absolute atomic E-state index is 14.3. The van der Waals surface area contributed by atoms with Crippen LogP contribution in [0.25, 0.3) is 21.8 Å². The molecular weight excluding hydrogens is 895 g/mol. The highest BCUT2D eigenvalue weighted by molar-refractivity contribution is 7.91. The summed E-state index contributed by atoms with van der Waals surface area (Å²) in [4.78, 5) is 48.7. The predicted octanol–water partition coefficient (Wildman–Crippen LogP) is 7.85. The van der Waals surface area contributed by atoms with E-state index in [-0.39, 0.29) is 39.2 Å². The Labute approximate surface area is 400 Å². The number of carbonyl (C=O) groups is 2. The number of sulfone groups is 1. The smallest absolute Gasteiger partial charge is 0.320 e. The van der Waals surface area contributed by atoms with Gasteiger partial charge in [-0.15, -0.1) is 0 Å². The number of phenolic OH excluding ortho intramolecular Hbond substituents is 1. The molecule has 8 rings (SSSR count). The van der Waals surface area contributed by atoms with Gasteiger partial charge in [-0.2, -0.15) is 0 Å². The van der Waals surface area contributed by atoms with Gasteiger partial charge in [0, 0.05) is 68.0 Å². The zero-order valence-electron chi connectivity index (χ0n) is 38.9. The number of carbonyl (C=O) groups excluding carboxylic acids is 2. The quantitative estimate of drug-likeness (QED) is 0.0483. The second-order valence-electron chi connectivity index (χ2n) is 17.7. The second kappa shape index (κ2) is 20.9. The minimum absolute atomic E-state index is 0.0192. The van der Waals surface area contributed by atoms with Gasteiger partial charge in [-0.25, -0.2) is 13.2 Å². The number of phenols is 1. The molecule has 0 radical (unpaired) electrons. The lowest BCUT2D eigenvalue weighted by Crippen LogP contribution is -2.44. The van der Waals surface area contributed by atoms with Gasteiger partial charge >= 0.3 is 6.03 Å². The third-order valence-corrected chi connectivity index (χ3v) is 14.6. The molecule has 7 N–H and O–H groups in total. The fourth-order valence-corrected chi connectivity index (χ4v) is 10.6. The molecule has 2 aromatic heterocycles. The number of aromatic amines is 1. The summed E-state index contributed by atoms with van der Waals surface area (Å²) >= 11 is 0. The van der Waals surface area contributed by atoms with E-state index >= 15 is 0 Å². The molecule has 1 saturated heterocycles. The Balaban J connectivity index is 0.827. The predicted molar refractivity (Wildman–Crippen MR) is 267 cm³/mol. The van der Waals surface area contributed by atoms with Crippen molar-refractivity contribution in [1.29, 1.82) is 0 Å². The van der Waals surface area contributed by atoms with Crippen LogP contribution in [0.2, 0.25) is 0 Å². The van der Waals surface area contributed by atoms with E-state index < -0.39 is 21.8 Å². The van der Waals surface area contributed by atoms with Crippen LogP contribution in [0.3, 0.4) is 0 Å². The first-order valence-electron chi connectivity index (χ1n) is 23.0.